The molecule has 3 heteroatoms. The second kappa shape index (κ2) is 8.70. The van der Waals surface area contributed by atoms with E-state index in [4.69, 9.17) is 0 Å². The van der Waals surface area contributed by atoms with Crippen molar-refractivity contribution in [2.45, 2.75) is 39.6 Å². The van der Waals surface area contributed by atoms with E-state index in [1.807, 2.05) is 74.5 Å². The Balaban J connectivity index is 2.25. The fourth-order valence-electron chi connectivity index (χ4n) is 3.43. The molecule has 0 aliphatic carbocycles. The fraction of sp³-hybridized carbons (Fsp3) is 0.280. The van der Waals surface area contributed by atoms with Gasteiger partial charge in [-0.1, -0.05) is 62.4 Å². The van der Waals surface area contributed by atoms with E-state index in [2.05, 4.69) is 6.07 Å². The van der Waals surface area contributed by atoms with Gasteiger partial charge in [0, 0.05) is 0 Å². The van der Waals surface area contributed by atoms with Gasteiger partial charge in [-0.3, -0.25) is 0 Å². The maximum Gasteiger partial charge on any atom is 0.0825 e. The van der Waals surface area contributed by atoms with Gasteiger partial charge in [-0.15, -0.1) is 0 Å². The molecular formula is C25H27O3. The van der Waals surface area contributed by atoms with Crippen molar-refractivity contribution >= 4 is 0 Å². The lowest BCUT2D eigenvalue weighted by molar-refractivity contribution is 0.128. The number of aliphatic hydroxyl groups excluding tert-OH is 3. The van der Waals surface area contributed by atoms with Gasteiger partial charge in [-0.05, 0) is 70.0 Å². The molecule has 145 valence electrons. The van der Waals surface area contributed by atoms with E-state index in [-0.39, 0.29) is 12.5 Å². The highest BCUT2D eigenvalue weighted by Gasteiger charge is 2.22. The molecule has 3 aromatic carbocycles. The topological polar surface area (TPSA) is 60.7 Å². The summed E-state index contributed by atoms with van der Waals surface area (Å²) in [5.74, 6) is 0.0225. The molecule has 3 aromatic rings. The van der Waals surface area contributed by atoms with E-state index in [0.29, 0.717) is 0 Å². The fourth-order valence-corrected chi connectivity index (χ4v) is 3.43. The molecule has 2 unspecified atom stereocenters. The van der Waals surface area contributed by atoms with Crippen LogP contribution in [0.25, 0.3) is 22.3 Å². The molecule has 0 heterocycles. The predicted molar refractivity (Wildman–Crippen MR) is 113 cm³/mol. The van der Waals surface area contributed by atoms with E-state index < -0.39 is 12.2 Å². The molecule has 0 saturated carbocycles. The van der Waals surface area contributed by atoms with Crippen molar-refractivity contribution in [3.8, 4) is 22.3 Å². The molecule has 1 radical (unpaired) electrons. The molecule has 3 rings (SSSR count). The Hall–Kier alpha value is -2.46. The zero-order chi connectivity index (χ0) is 20.3. The first-order valence-corrected chi connectivity index (χ1v) is 9.63. The average Bonchev–Trinajstić information content (AvgIpc) is 2.72. The van der Waals surface area contributed by atoms with Gasteiger partial charge >= 0.3 is 0 Å². The van der Waals surface area contributed by atoms with Crippen LogP contribution < -0.4 is 0 Å². The zero-order valence-electron chi connectivity index (χ0n) is 16.6. The van der Waals surface area contributed by atoms with Crippen LogP contribution in [-0.2, 0) is 6.61 Å². The first-order chi connectivity index (χ1) is 13.4. The van der Waals surface area contributed by atoms with Crippen LogP contribution in [0.2, 0.25) is 0 Å². The molecular weight excluding hydrogens is 348 g/mol. The summed E-state index contributed by atoms with van der Waals surface area (Å²) in [6, 6.07) is 22.6. The molecule has 3 N–H and O–H groups in total. The Morgan fingerprint density at radius 1 is 0.893 bits per heavy atom. The summed E-state index contributed by atoms with van der Waals surface area (Å²) in [6.07, 6.45) is -1.24. The minimum Gasteiger partial charge on any atom is -0.392 e. The molecule has 0 saturated heterocycles. The van der Waals surface area contributed by atoms with Crippen molar-refractivity contribution in [3.05, 3.63) is 83.4 Å². The Morgan fingerprint density at radius 3 is 2.29 bits per heavy atom. The highest BCUT2D eigenvalue weighted by molar-refractivity contribution is 5.79. The van der Waals surface area contributed by atoms with Gasteiger partial charge in [0.1, 0.15) is 0 Å². The van der Waals surface area contributed by atoms with Crippen LogP contribution in [-0.4, -0.2) is 15.3 Å². The van der Waals surface area contributed by atoms with Gasteiger partial charge in [-0.2, -0.15) is 0 Å². The summed E-state index contributed by atoms with van der Waals surface area (Å²) < 4.78 is 0. The summed E-state index contributed by atoms with van der Waals surface area (Å²) in [7, 11) is 0. The van der Waals surface area contributed by atoms with Crippen LogP contribution in [0.3, 0.4) is 0 Å². The third kappa shape index (κ3) is 4.17. The molecule has 2 atom stereocenters. The van der Waals surface area contributed by atoms with Crippen molar-refractivity contribution in [2.75, 3.05) is 0 Å². The van der Waals surface area contributed by atoms with E-state index >= 15 is 0 Å². The van der Waals surface area contributed by atoms with Crippen LogP contribution in [0.5, 0.6) is 0 Å². The summed E-state index contributed by atoms with van der Waals surface area (Å²) in [5, 5.41) is 30.5. The minimum absolute atomic E-state index is 0.0225. The normalized spacial score (nSPS) is 13.5. The molecule has 3 nitrogen and oxygen atoms in total. The third-order valence-electron chi connectivity index (χ3n) is 5.04. The number of benzene rings is 3. The second-order valence-electron chi connectivity index (χ2n) is 7.53. The number of rotatable bonds is 6. The van der Waals surface area contributed by atoms with Gasteiger partial charge < -0.3 is 15.3 Å². The summed E-state index contributed by atoms with van der Waals surface area (Å²) in [4.78, 5) is 0. The van der Waals surface area contributed by atoms with Crippen LogP contribution in [0, 0.1) is 12.0 Å². The number of hydrogen-bond donors (Lipinski definition) is 3. The summed E-state index contributed by atoms with van der Waals surface area (Å²) in [5.41, 5.74) is 6.08. The molecule has 0 aliphatic rings. The summed E-state index contributed by atoms with van der Waals surface area (Å²) >= 11 is 0. The maximum atomic E-state index is 11.1. The van der Waals surface area contributed by atoms with Crippen molar-refractivity contribution in [1.29, 1.82) is 0 Å². The van der Waals surface area contributed by atoms with Crippen molar-refractivity contribution in [2.24, 2.45) is 5.92 Å². The van der Waals surface area contributed by atoms with E-state index in [1.165, 1.54) is 0 Å². The lowest BCUT2D eigenvalue weighted by Gasteiger charge is -2.23. The molecule has 0 fully saturated rings. The first kappa shape index (κ1) is 20.3. The number of aliphatic hydroxyl groups is 3. The highest BCUT2D eigenvalue weighted by atomic mass is 16.3. The molecule has 28 heavy (non-hydrogen) atoms. The standard InChI is InChI=1S/C25H27O3/c1-16(2)25(28)24-22(20-9-4-7-18(13-20)15-26)11-6-12-23(24)21-10-5-8-19(14-21)17(3)27/h4-11,13-14,16-17,25-28H,15H2,1-3H3. The van der Waals surface area contributed by atoms with Gasteiger partial charge in [0.2, 0.25) is 0 Å². The molecule has 0 amide bonds. The largest absolute Gasteiger partial charge is 0.392 e. The van der Waals surface area contributed by atoms with Crippen LogP contribution in [0.1, 0.15) is 49.7 Å². The van der Waals surface area contributed by atoms with E-state index in [0.717, 1.165) is 38.9 Å². The van der Waals surface area contributed by atoms with Gasteiger partial charge in [0.05, 0.1) is 18.8 Å². The van der Waals surface area contributed by atoms with Gasteiger partial charge in [0.15, 0.2) is 0 Å². The molecule has 0 spiro atoms. The molecule has 0 aliphatic heterocycles. The quantitative estimate of drug-likeness (QED) is 0.565. The monoisotopic (exact) mass is 375 g/mol. The highest BCUT2D eigenvalue weighted by Crippen LogP contribution is 2.39. The maximum absolute atomic E-state index is 11.1. The Morgan fingerprint density at radius 2 is 1.61 bits per heavy atom. The van der Waals surface area contributed by atoms with Crippen LogP contribution in [0.4, 0.5) is 0 Å². The third-order valence-corrected chi connectivity index (χ3v) is 5.04. The van der Waals surface area contributed by atoms with Crippen LogP contribution >= 0.6 is 0 Å². The van der Waals surface area contributed by atoms with Gasteiger partial charge in [0.25, 0.3) is 0 Å². The molecule has 0 bridgehead atoms. The van der Waals surface area contributed by atoms with Crippen molar-refractivity contribution in [3.63, 3.8) is 0 Å². The Bertz CT molecular complexity index is 944. The van der Waals surface area contributed by atoms with E-state index in [1.54, 1.807) is 6.92 Å². The zero-order valence-corrected chi connectivity index (χ0v) is 16.6. The van der Waals surface area contributed by atoms with Crippen LogP contribution in [0.15, 0.2) is 60.7 Å². The smallest absolute Gasteiger partial charge is 0.0825 e. The van der Waals surface area contributed by atoms with Crippen molar-refractivity contribution < 1.29 is 15.3 Å². The predicted octanol–water partition coefficient (Wildman–Crippen LogP) is 5.06. The molecule has 0 aromatic heterocycles. The first-order valence-electron chi connectivity index (χ1n) is 9.63. The lowest BCUT2D eigenvalue weighted by atomic mass is 9.84. The summed E-state index contributed by atoms with van der Waals surface area (Å²) in [6.45, 7) is 5.69. The Kier molecular flexibility index (Phi) is 6.30. The van der Waals surface area contributed by atoms with Crippen molar-refractivity contribution in [1.82, 2.24) is 0 Å². The lowest BCUT2D eigenvalue weighted by Crippen LogP contribution is -2.09. The average molecular weight is 375 g/mol. The SMILES string of the molecule is CC(O)c1cccc(-c2[c]ccc(-c3cccc(CO)c3)c2C(O)C(C)C)c1. The Labute approximate surface area is 166 Å². The van der Waals surface area contributed by atoms with Gasteiger partial charge in [-0.25, -0.2) is 0 Å². The number of hydrogen-bond acceptors (Lipinski definition) is 3. The van der Waals surface area contributed by atoms with E-state index in [9.17, 15) is 15.3 Å². The minimum atomic E-state index is -0.671. The second-order valence-corrected chi connectivity index (χ2v) is 7.53.